The minimum atomic E-state index is -7.14. The van der Waals surface area contributed by atoms with Gasteiger partial charge in [0, 0.05) is 32.7 Å². The first-order chi connectivity index (χ1) is 67.1. The second-order valence-corrected chi connectivity index (χ2v) is 24.9. The van der Waals surface area contributed by atoms with Crippen molar-refractivity contribution in [3.8, 4) is 95.5 Å². The number of fused-ring (bicyclic) bond motifs is 4. The monoisotopic (exact) mass is 1300 g/mol. The fraction of sp³-hybridized carbons (Fsp3) is 0.0110. The van der Waals surface area contributed by atoms with E-state index in [-0.39, 0.29) is 45.2 Å². The van der Waals surface area contributed by atoms with Crippen molar-refractivity contribution >= 4 is 61.7 Å². The number of hydrogen-bond donors (Lipinski definition) is 0. The van der Waals surface area contributed by atoms with E-state index in [1.165, 1.54) is 48.5 Å². The van der Waals surface area contributed by atoms with Gasteiger partial charge in [0.15, 0.2) is 8.07 Å². The van der Waals surface area contributed by atoms with Crippen LogP contribution >= 0.6 is 0 Å². The number of aromatic nitrogens is 4. The molecule has 0 radical (unpaired) electrons. The zero-order valence-corrected chi connectivity index (χ0v) is 50.6. The van der Waals surface area contributed by atoms with E-state index in [9.17, 15) is 38.4 Å². The molecule has 17 aromatic rings. The van der Waals surface area contributed by atoms with Gasteiger partial charge in [0.1, 0.15) is 17.3 Å². The van der Waals surface area contributed by atoms with E-state index in [0.717, 1.165) is 39.6 Å². The molecule has 3 heterocycles. The Kier molecular flexibility index (Phi) is 7.11. The Hall–Kier alpha value is -12.5. The molecule has 0 aliphatic heterocycles. The van der Waals surface area contributed by atoms with E-state index < -0.39 is 368 Å². The van der Waals surface area contributed by atoms with Crippen LogP contribution in [0, 0.1) is 13.2 Å². The summed E-state index contributed by atoms with van der Waals surface area (Å²) in [5.41, 5.74) is -12.3. The summed E-state index contributed by atoms with van der Waals surface area (Å²) in [6, 6.07) is -27.3. The van der Waals surface area contributed by atoms with Crippen molar-refractivity contribution in [2.24, 2.45) is 0 Å². The summed E-state index contributed by atoms with van der Waals surface area (Å²) < 4.78 is 446. The molecule has 14 aromatic carbocycles. The molecule has 0 bridgehead atoms. The highest BCUT2D eigenvalue weighted by Crippen LogP contribution is 2.40. The van der Waals surface area contributed by atoms with Gasteiger partial charge in [-0.1, -0.05) is 284 Å². The van der Waals surface area contributed by atoms with Crippen LogP contribution in [0.3, 0.4) is 0 Å². The normalized spacial score (nSPS) is 18.4. The number of rotatable bonds is 15. The molecular weight excluding hydrogens is 1190 g/mol. The first kappa shape index (κ1) is 27.5. The summed E-state index contributed by atoms with van der Waals surface area (Å²) in [4.78, 5) is 4.68. The highest BCUT2D eigenvalue weighted by molar-refractivity contribution is 7.20. The molecule has 97 heavy (non-hydrogen) atoms. The van der Waals surface area contributed by atoms with Crippen molar-refractivity contribution in [2.75, 3.05) is 0 Å². The summed E-state index contributed by atoms with van der Waals surface area (Å²) in [6.45, 7) is -3.05. The van der Waals surface area contributed by atoms with Crippen molar-refractivity contribution in [3.05, 3.63) is 381 Å². The van der Waals surface area contributed by atoms with Gasteiger partial charge >= 0.3 is 0 Å². The number of imidazole rings is 1. The Morgan fingerprint density at radius 2 is 0.918 bits per heavy atom. The van der Waals surface area contributed by atoms with Crippen molar-refractivity contribution < 1.29 is 72.4 Å². The predicted molar refractivity (Wildman–Crippen MR) is 403 cm³/mol. The third kappa shape index (κ3) is 10.7. The minimum Gasteiger partial charge on any atom is -0.458 e. The van der Waals surface area contributed by atoms with Crippen LogP contribution in [0.5, 0.6) is 11.5 Å². The van der Waals surface area contributed by atoms with Gasteiger partial charge in [-0.2, -0.15) is 0 Å². The lowest BCUT2D eigenvalue weighted by Crippen LogP contribution is -2.76. The van der Waals surface area contributed by atoms with E-state index >= 15 is 0 Å². The van der Waals surface area contributed by atoms with Gasteiger partial charge < -0.3 is 4.74 Å². The quantitative estimate of drug-likeness (QED) is 0.0444. The fourth-order valence-corrected chi connectivity index (χ4v) is 15.9. The number of benzene rings is 14. The van der Waals surface area contributed by atoms with Crippen molar-refractivity contribution in [1.82, 2.24) is 14.1 Å². The maximum Gasteiger partial charge on any atom is 0.269 e. The predicted octanol–water partition coefficient (Wildman–Crippen LogP) is 19.7. The third-order valence-electron chi connectivity index (χ3n) is 16.0. The van der Waals surface area contributed by atoms with Crippen LogP contribution in [0.2, 0.25) is 0 Å². The highest BCUT2D eigenvalue weighted by atomic mass is 28.3. The summed E-state index contributed by atoms with van der Waals surface area (Å²) in [5.74, 6) is -0.231. The van der Waals surface area contributed by atoms with E-state index in [1.54, 1.807) is 34.9 Å². The molecule has 5 nitrogen and oxygen atoms in total. The smallest absolute Gasteiger partial charge is 0.269 e. The molecule has 0 aliphatic carbocycles. The van der Waals surface area contributed by atoms with Gasteiger partial charge in [-0.3, -0.25) is 13.7 Å². The van der Waals surface area contributed by atoms with E-state index in [4.69, 9.17) is 29.4 Å². The second kappa shape index (κ2) is 25.1. The van der Waals surface area contributed by atoms with Gasteiger partial charge in [0.2, 0.25) is 0 Å². The van der Waals surface area contributed by atoms with Crippen LogP contribution in [-0.2, 0) is 0 Å². The lowest BCUT2D eigenvalue weighted by molar-refractivity contribution is -0.570. The Balaban J connectivity index is 1.11. The van der Waals surface area contributed by atoms with Gasteiger partial charge in [-0.05, 0) is 167 Å². The molecule has 0 N–H and O–H groups in total. The maximum absolute atomic E-state index is 11.0. The molecule has 0 fully saturated rings. The molecule has 3 aromatic heterocycles. The van der Waals surface area contributed by atoms with Crippen LogP contribution in [0.1, 0.15) is 68.6 Å². The van der Waals surface area contributed by atoms with Crippen LogP contribution in [-0.4, -0.2) is 22.2 Å². The number of nitrogens with zero attached hydrogens (tertiary/aromatic N) is 4. The third-order valence-corrected chi connectivity index (χ3v) is 20.2. The number of ether oxygens (including phenoxy) is 1. The van der Waals surface area contributed by atoms with E-state index in [1.807, 2.05) is 0 Å². The molecule has 0 aliphatic rings. The average Bonchev–Trinajstić information content (AvgIpc) is 1.33. The van der Waals surface area contributed by atoms with Crippen molar-refractivity contribution in [1.29, 1.82) is 0 Å². The molecular formula is C91H64N4OSi. The Morgan fingerprint density at radius 1 is 0.402 bits per heavy atom. The molecule has 0 atom stereocenters. The molecule has 17 rings (SSSR count). The molecule has 0 saturated heterocycles. The highest BCUT2D eigenvalue weighted by Gasteiger charge is 2.44. The average molecular weight is 1300 g/mol. The Bertz CT molecular complexity index is 8110. The first-order valence-corrected chi connectivity index (χ1v) is 31.3. The van der Waals surface area contributed by atoms with Crippen LogP contribution < -0.4 is 30.1 Å². The summed E-state index contributed by atoms with van der Waals surface area (Å²) >= 11 is 0. The largest absolute Gasteiger partial charge is 0.458 e. The molecule has 6 heteroatoms. The Labute approximate surface area is 630 Å². The number of pyridine rings is 1. The maximum atomic E-state index is 11.0. The van der Waals surface area contributed by atoms with E-state index in [2.05, 4.69) is 11.3 Å². The van der Waals surface area contributed by atoms with Crippen molar-refractivity contribution in [2.45, 2.75) is 6.85 Å². The van der Waals surface area contributed by atoms with E-state index in [0.29, 0.717) is 16.3 Å². The van der Waals surface area contributed by atoms with Gasteiger partial charge in [-0.25, -0.2) is 4.98 Å². The van der Waals surface area contributed by atoms with Crippen LogP contribution in [0.15, 0.2) is 369 Å². The zero-order valence-electron chi connectivity index (χ0n) is 95.6. The summed E-state index contributed by atoms with van der Waals surface area (Å²) in [7, 11) is -7.14. The standard InChI is InChI=1S/C91H64N4OSi/c1-64-53-90(92-62-84(64)69-37-18-6-19-38-69)95-85-48-27-26-47-81(85)82-51-50-77(61-87(82)95)96-76-40-28-39-75(60-76)93-63-94(86-52-49-70(58-88(86)93)65-29-10-2-11-30-65)91-83(74-55-71(66-31-12-3-13-32-66)54-72(56-74)67-33-14-4-15-34-67)57-73(68-35-16-5-17-36-68)59-89(91)97(78-41-20-7-21-42-78,79-43-22-8-23-44-79)80-45-24-9-25-46-80/h2-62H,1H3/i1D3,2D,3D,4D,5D,6D,7D,8D,9D,10D,11D,12D,13D,14D,15D,16D,17D,18D,19D,20D,21D,22D,23D,24D,25D,29D,30D,31D,32D,33D,34D,35D,36D,37D,38D,41D,42D,43D,44D,45D,46D,54D,55D,56D. The molecule has 0 unspecified atom stereocenters. The van der Waals surface area contributed by atoms with Gasteiger partial charge in [-0.15, -0.1) is 0 Å². The molecule has 0 amide bonds. The Morgan fingerprint density at radius 3 is 1.51 bits per heavy atom. The topological polar surface area (TPSA) is 35.9 Å². The second-order valence-electron chi connectivity index (χ2n) is 21.4. The molecule has 0 saturated carbocycles. The molecule has 458 valence electrons. The fourth-order valence-electron chi connectivity index (χ4n) is 11.8. The van der Waals surface area contributed by atoms with Crippen LogP contribution in [0.4, 0.5) is 0 Å². The summed E-state index contributed by atoms with van der Waals surface area (Å²) in [6.07, 6.45) is 4.25. The lowest BCUT2D eigenvalue weighted by atomic mass is 9.91. The SMILES string of the molecule is [2H]c1c([2H])c([2H])c(-c2cc(-c3c([2H])c(-c4c([2H])c([2H])c([2H])c([2H])c4[2H])c([2H])c(-c4c([2H])c([2H])c([2H])c([2H])c4[2H])c3[2H])c(-[n+]3[c-]n(-c4cccc(Oc5ccc6c7ccccc7n(-c7cc(C([2H])([2H])[2H])c(-c8c([2H])c([2H])c([2H])c([2H])c8[2H])cn7)c6c5)c4)c4cc(-c5c([2H])c([2H])c([2H])c([2H])c5[2H])ccc43)c([Si](c3c([2H])c([2H])c([2H])c([2H])c3[2H])(c3c([2H])c([2H])c([2H])c([2H])c3[2H])c3c([2H])c([2H])c([2H])c([2H])c3[2H])c2)c([2H])c1[2H]. The zero-order chi connectivity index (χ0) is 105. The first-order valence-electron chi connectivity index (χ1n) is 52.3. The number of para-hydroxylation sites is 1. The van der Waals surface area contributed by atoms with Gasteiger partial charge in [0.25, 0.3) is 6.33 Å². The summed E-state index contributed by atoms with van der Waals surface area (Å²) in [5, 5.41) is -4.02. The number of aryl methyl sites for hydroxylation is 1. The number of hydrogen-bond acceptors (Lipinski definition) is 2. The molecule has 0 spiro atoms. The van der Waals surface area contributed by atoms with Crippen molar-refractivity contribution in [3.63, 3.8) is 0 Å². The lowest BCUT2D eigenvalue weighted by Gasteiger charge is -2.37. The van der Waals surface area contributed by atoms with Gasteiger partial charge in [0.05, 0.1) is 92.4 Å². The van der Waals surface area contributed by atoms with Crippen LogP contribution in [0.25, 0.3) is 117 Å². The minimum absolute atomic E-state index is 0.0184.